The summed E-state index contributed by atoms with van der Waals surface area (Å²) in [6, 6.07) is 1.95. The minimum Gasteiger partial charge on any atom is -0.372 e. The molecule has 3 heterocycles. The van der Waals surface area contributed by atoms with E-state index in [0.717, 1.165) is 30.7 Å². The molecule has 0 amide bonds. The van der Waals surface area contributed by atoms with E-state index < -0.39 is 0 Å². The first-order valence-electron chi connectivity index (χ1n) is 4.96. The summed E-state index contributed by atoms with van der Waals surface area (Å²) in [6.45, 7) is 0.824. The first kappa shape index (κ1) is 9.12. The van der Waals surface area contributed by atoms with Crippen LogP contribution in [0, 0.1) is 0 Å². The fraction of sp³-hybridized carbons (Fsp3) is 0.400. The third kappa shape index (κ3) is 1.50. The number of nitrogens with zero attached hydrogens (tertiary/aromatic N) is 3. The van der Waals surface area contributed by atoms with E-state index in [2.05, 4.69) is 10.1 Å². The van der Waals surface area contributed by atoms with Crippen LogP contribution in [0.2, 0.25) is 5.15 Å². The van der Waals surface area contributed by atoms with Crippen LogP contribution < -0.4 is 0 Å². The van der Waals surface area contributed by atoms with E-state index in [9.17, 15) is 0 Å². The average Bonchev–Trinajstić information content (AvgIpc) is 2.86. The second-order valence-electron chi connectivity index (χ2n) is 3.62. The normalized spacial score (nSPS) is 21.3. The van der Waals surface area contributed by atoms with E-state index in [1.165, 1.54) is 0 Å². The third-order valence-electron chi connectivity index (χ3n) is 2.62. The molecule has 1 saturated heterocycles. The molecular formula is C10H10ClN3O. The molecule has 15 heavy (non-hydrogen) atoms. The average molecular weight is 224 g/mol. The molecule has 4 nitrogen and oxygen atoms in total. The molecule has 0 N–H and O–H groups in total. The predicted octanol–water partition coefficient (Wildman–Crippen LogP) is 2.23. The number of rotatable bonds is 1. The van der Waals surface area contributed by atoms with Gasteiger partial charge in [-0.15, -0.1) is 0 Å². The van der Waals surface area contributed by atoms with Crippen LogP contribution >= 0.6 is 11.6 Å². The van der Waals surface area contributed by atoms with Crippen molar-refractivity contribution < 1.29 is 4.74 Å². The first-order valence-corrected chi connectivity index (χ1v) is 5.34. The van der Waals surface area contributed by atoms with E-state index in [4.69, 9.17) is 16.3 Å². The summed E-state index contributed by atoms with van der Waals surface area (Å²) in [5, 5.41) is 4.90. The predicted molar refractivity (Wildman–Crippen MR) is 55.9 cm³/mol. The highest BCUT2D eigenvalue weighted by molar-refractivity contribution is 6.32. The Morgan fingerprint density at radius 3 is 3.20 bits per heavy atom. The Kier molecular flexibility index (Phi) is 2.11. The fourth-order valence-electron chi connectivity index (χ4n) is 1.88. The number of hydrogen-bond acceptors (Lipinski definition) is 3. The highest BCUT2D eigenvalue weighted by Crippen LogP contribution is 2.29. The Morgan fingerprint density at radius 2 is 2.47 bits per heavy atom. The van der Waals surface area contributed by atoms with E-state index in [1.807, 2.05) is 6.07 Å². The zero-order valence-electron chi connectivity index (χ0n) is 8.06. The Labute approximate surface area is 91.8 Å². The zero-order valence-corrected chi connectivity index (χ0v) is 8.81. The van der Waals surface area contributed by atoms with Gasteiger partial charge in [-0.25, -0.2) is 9.50 Å². The molecule has 0 unspecified atom stereocenters. The maximum Gasteiger partial charge on any atom is 0.154 e. The molecule has 0 saturated carbocycles. The van der Waals surface area contributed by atoms with Gasteiger partial charge in [0.2, 0.25) is 0 Å². The summed E-state index contributed by atoms with van der Waals surface area (Å²) < 4.78 is 7.31. The van der Waals surface area contributed by atoms with Crippen LogP contribution in [0.3, 0.4) is 0 Å². The van der Waals surface area contributed by atoms with Crippen molar-refractivity contribution in [3.8, 4) is 0 Å². The van der Waals surface area contributed by atoms with Crippen LogP contribution in [-0.4, -0.2) is 21.2 Å². The number of aromatic nitrogens is 3. The molecule has 0 spiro atoms. The fourth-order valence-corrected chi connectivity index (χ4v) is 2.07. The molecular weight excluding hydrogens is 214 g/mol. The molecule has 3 rings (SSSR count). The smallest absolute Gasteiger partial charge is 0.154 e. The molecule has 0 bridgehead atoms. The molecule has 1 aliphatic rings. The third-order valence-corrected chi connectivity index (χ3v) is 2.91. The second kappa shape index (κ2) is 3.47. The van der Waals surface area contributed by atoms with Gasteiger partial charge in [-0.3, -0.25) is 0 Å². The van der Waals surface area contributed by atoms with Crippen LogP contribution in [0.25, 0.3) is 5.52 Å². The molecule has 2 aromatic heterocycles. The van der Waals surface area contributed by atoms with Gasteiger partial charge in [-0.1, -0.05) is 11.6 Å². The standard InChI is InChI=1S/C10H10ClN3O/c11-10-8-6-7(9-2-1-5-15-9)13-14(8)4-3-12-10/h3-4,6,9H,1-2,5H2/t9-/m1/s1. The largest absolute Gasteiger partial charge is 0.372 e. The van der Waals surface area contributed by atoms with Crippen molar-refractivity contribution in [2.45, 2.75) is 18.9 Å². The monoisotopic (exact) mass is 223 g/mol. The van der Waals surface area contributed by atoms with Crippen LogP contribution in [0.15, 0.2) is 18.5 Å². The zero-order chi connectivity index (χ0) is 10.3. The van der Waals surface area contributed by atoms with Gasteiger partial charge in [0.15, 0.2) is 5.15 Å². The summed E-state index contributed by atoms with van der Waals surface area (Å²) in [4.78, 5) is 4.01. The van der Waals surface area contributed by atoms with Crippen LogP contribution in [0.1, 0.15) is 24.6 Å². The minimum absolute atomic E-state index is 0.126. The molecule has 1 fully saturated rings. The molecule has 78 valence electrons. The Hall–Kier alpha value is -1.13. The highest BCUT2D eigenvalue weighted by atomic mass is 35.5. The van der Waals surface area contributed by atoms with Gasteiger partial charge in [-0.2, -0.15) is 5.10 Å². The van der Waals surface area contributed by atoms with Crippen molar-refractivity contribution in [3.63, 3.8) is 0 Å². The van der Waals surface area contributed by atoms with Gasteiger partial charge < -0.3 is 4.74 Å². The summed E-state index contributed by atoms with van der Waals surface area (Å²) in [6.07, 6.45) is 5.70. The van der Waals surface area contributed by atoms with Crippen molar-refractivity contribution in [1.29, 1.82) is 0 Å². The van der Waals surface area contributed by atoms with Crippen molar-refractivity contribution in [2.75, 3.05) is 6.61 Å². The number of hydrogen-bond donors (Lipinski definition) is 0. The summed E-state index contributed by atoms with van der Waals surface area (Å²) in [7, 11) is 0. The second-order valence-corrected chi connectivity index (χ2v) is 3.98. The lowest BCUT2D eigenvalue weighted by molar-refractivity contribution is 0.108. The molecule has 0 aromatic carbocycles. The number of fused-ring (bicyclic) bond motifs is 1. The van der Waals surface area contributed by atoms with Gasteiger partial charge >= 0.3 is 0 Å². The lowest BCUT2D eigenvalue weighted by Gasteiger charge is -2.03. The van der Waals surface area contributed by atoms with E-state index in [1.54, 1.807) is 16.9 Å². The van der Waals surface area contributed by atoms with Crippen LogP contribution in [0.5, 0.6) is 0 Å². The summed E-state index contributed by atoms with van der Waals surface area (Å²) in [5.74, 6) is 0. The first-order chi connectivity index (χ1) is 7.34. The van der Waals surface area contributed by atoms with Crippen LogP contribution in [0.4, 0.5) is 0 Å². The Bertz CT molecular complexity index is 490. The van der Waals surface area contributed by atoms with Crippen molar-refractivity contribution >= 4 is 17.1 Å². The van der Waals surface area contributed by atoms with E-state index in [0.29, 0.717) is 5.15 Å². The van der Waals surface area contributed by atoms with E-state index >= 15 is 0 Å². The van der Waals surface area contributed by atoms with E-state index in [-0.39, 0.29) is 6.10 Å². The van der Waals surface area contributed by atoms with Crippen molar-refractivity contribution in [3.05, 3.63) is 29.3 Å². The Balaban J connectivity index is 2.09. The van der Waals surface area contributed by atoms with Crippen LogP contribution in [-0.2, 0) is 4.74 Å². The summed E-state index contributed by atoms with van der Waals surface area (Å²) >= 11 is 5.96. The maximum absolute atomic E-state index is 5.96. The van der Waals surface area contributed by atoms with Gasteiger partial charge in [0.1, 0.15) is 11.6 Å². The topological polar surface area (TPSA) is 39.4 Å². The maximum atomic E-state index is 5.96. The molecule has 0 aliphatic carbocycles. The molecule has 5 heteroatoms. The molecule has 0 radical (unpaired) electrons. The molecule has 1 atom stereocenters. The van der Waals surface area contributed by atoms with Crippen molar-refractivity contribution in [1.82, 2.24) is 14.6 Å². The summed E-state index contributed by atoms with van der Waals surface area (Å²) in [5.41, 5.74) is 1.78. The van der Waals surface area contributed by atoms with Gasteiger partial charge in [0, 0.05) is 19.0 Å². The quantitative estimate of drug-likeness (QED) is 0.744. The SMILES string of the molecule is Clc1nccn2nc([C@H]3CCCO3)cc12. The molecule has 1 aliphatic heterocycles. The van der Waals surface area contributed by atoms with Gasteiger partial charge in [-0.05, 0) is 18.9 Å². The van der Waals surface area contributed by atoms with Gasteiger partial charge in [0.05, 0.1) is 5.69 Å². The Morgan fingerprint density at radius 1 is 1.53 bits per heavy atom. The minimum atomic E-state index is 0.126. The number of ether oxygens (including phenoxy) is 1. The van der Waals surface area contributed by atoms with Gasteiger partial charge in [0.25, 0.3) is 0 Å². The lowest BCUT2D eigenvalue weighted by Crippen LogP contribution is -1.96. The highest BCUT2D eigenvalue weighted by Gasteiger charge is 2.21. The lowest BCUT2D eigenvalue weighted by atomic mass is 10.2. The number of halogens is 1. The molecule has 2 aromatic rings. The van der Waals surface area contributed by atoms with Crippen molar-refractivity contribution in [2.24, 2.45) is 0 Å².